The molecule has 0 radical (unpaired) electrons. The Kier molecular flexibility index (Phi) is 1.99. The summed E-state index contributed by atoms with van der Waals surface area (Å²) in [6.07, 6.45) is 5.43. The van der Waals surface area contributed by atoms with E-state index in [1.54, 1.807) is 22.0 Å². The largest absolute Gasteiger partial charge is 0.0776 e. The number of allylic oxidation sites excluding steroid dienone is 1. The van der Waals surface area contributed by atoms with E-state index in [2.05, 4.69) is 30.9 Å². The average molecular weight is 202 g/mol. The van der Waals surface area contributed by atoms with Gasteiger partial charge >= 0.3 is 0 Å². The number of hydrogen-bond donors (Lipinski definition) is 0. The molecule has 3 rings (SSSR count). The number of fused-ring (bicyclic) bond motifs is 2. The zero-order chi connectivity index (χ0) is 9.54. The van der Waals surface area contributed by atoms with Crippen molar-refractivity contribution in [1.82, 2.24) is 0 Å². The number of benzene rings is 1. The molecule has 1 aromatic rings. The van der Waals surface area contributed by atoms with Gasteiger partial charge < -0.3 is 0 Å². The van der Waals surface area contributed by atoms with Crippen molar-refractivity contribution in [3.63, 3.8) is 0 Å². The van der Waals surface area contributed by atoms with Crippen LogP contribution in [0.25, 0.3) is 5.31 Å². The van der Waals surface area contributed by atoms with E-state index in [4.69, 9.17) is 0 Å². The monoisotopic (exact) mass is 202 g/mol. The van der Waals surface area contributed by atoms with E-state index in [0.717, 1.165) is 0 Å². The van der Waals surface area contributed by atoms with Crippen LogP contribution in [0.15, 0.2) is 29.8 Å². The van der Waals surface area contributed by atoms with Gasteiger partial charge in [0.25, 0.3) is 0 Å². The summed E-state index contributed by atoms with van der Waals surface area (Å²) < 4.78 is 0. The maximum atomic E-state index is 2.44. The van der Waals surface area contributed by atoms with Gasteiger partial charge in [0, 0.05) is 0 Å². The lowest BCUT2D eigenvalue weighted by Gasteiger charge is -2.21. The highest BCUT2D eigenvalue weighted by Crippen LogP contribution is 2.58. The summed E-state index contributed by atoms with van der Waals surface area (Å²) in [5, 5.41) is 1.75. The summed E-state index contributed by atoms with van der Waals surface area (Å²) in [5.41, 5.74) is 4.94. The predicted octanol–water partition coefficient (Wildman–Crippen LogP) is 3.86. The smallest absolute Gasteiger partial charge is 0.0148 e. The van der Waals surface area contributed by atoms with Crippen molar-refractivity contribution in [2.45, 2.75) is 19.3 Å². The van der Waals surface area contributed by atoms with Crippen LogP contribution in [0.1, 0.15) is 24.0 Å². The Labute approximate surface area is 86.8 Å². The van der Waals surface area contributed by atoms with Crippen LogP contribution in [0, 0.1) is 0 Å². The zero-order valence-corrected chi connectivity index (χ0v) is 9.48. The van der Waals surface area contributed by atoms with Crippen molar-refractivity contribution in [2.24, 2.45) is 0 Å². The van der Waals surface area contributed by atoms with Crippen LogP contribution in [-0.2, 0) is 6.42 Å². The summed E-state index contributed by atoms with van der Waals surface area (Å²) in [5.74, 6) is 0. The fraction of sp³-hybridized carbons (Fsp3) is 0.385. The molecular formula is C13H15P. The Morgan fingerprint density at radius 3 is 2.86 bits per heavy atom. The maximum absolute atomic E-state index is 2.44. The molecular weight excluding hydrogens is 187 g/mol. The maximum Gasteiger partial charge on any atom is -0.0148 e. The average Bonchev–Trinajstić information content (AvgIpc) is 2.61. The summed E-state index contributed by atoms with van der Waals surface area (Å²) >= 11 is 0. The van der Waals surface area contributed by atoms with Gasteiger partial charge in [-0.2, -0.15) is 0 Å². The quantitative estimate of drug-likeness (QED) is 0.560. The Morgan fingerprint density at radius 2 is 1.93 bits per heavy atom. The van der Waals surface area contributed by atoms with Crippen LogP contribution in [0.5, 0.6) is 0 Å². The van der Waals surface area contributed by atoms with Crippen molar-refractivity contribution in [1.29, 1.82) is 0 Å². The molecule has 0 fully saturated rings. The Bertz CT molecular complexity index is 403. The van der Waals surface area contributed by atoms with Gasteiger partial charge in [0.05, 0.1) is 0 Å². The molecule has 0 bridgehead atoms. The standard InChI is InChI=1S/C13H15P/c1-14-9-8-11-7-6-10-4-2-3-5-12(10)13(11)14/h2-5H,6-9H2,1H3. The molecule has 1 unspecified atom stereocenters. The van der Waals surface area contributed by atoms with Crippen LogP contribution in [0.2, 0.25) is 0 Å². The number of rotatable bonds is 0. The molecule has 1 aliphatic carbocycles. The summed E-state index contributed by atoms with van der Waals surface area (Å²) in [7, 11) is 0.171. The van der Waals surface area contributed by atoms with Crippen LogP contribution in [-0.4, -0.2) is 12.8 Å². The minimum Gasteiger partial charge on any atom is -0.0776 e. The van der Waals surface area contributed by atoms with Gasteiger partial charge in [-0.1, -0.05) is 37.8 Å². The third kappa shape index (κ3) is 1.17. The van der Waals surface area contributed by atoms with E-state index in [1.165, 1.54) is 25.4 Å². The molecule has 1 atom stereocenters. The van der Waals surface area contributed by atoms with E-state index < -0.39 is 0 Å². The highest BCUT2D eigenvalue weighted by molar-refractivity contribution is 7.68. The van der Waals surface area contributed by atoms with Crippen LogP contribution >= 0.6 is 7.92 Å². The lowest BCUT2D eigenvalue weighted by atomic mass is 9.91. The second-order valence-electron chi connectivity index (χ2n) is 4.28. The molecule has 0 spiro atoms. The molecule has 0 nitrogen and oxygen atoms in total. The fourth-order valence-electron chi connectivity index (χ4n) is 2.70. The molecule has 0 saturated heterocycles. The number of hydrogen-bond acceptors (Lipinski definition) is 0. The van der Waals surface area contributed by atoms with E-state index in [9.17, 15) is 0 Å². The summed E-state index contributed by atoms with van der Waals surface area (Å²) in [6, 6.07) is 9.00. The van der Waals surface area contributed by atoms with Gasteiger partial charge in [-0.3, -0.25) is 0 Å². The Morgan fingerprint density at radius 1 is 1.07 bits per heavy atom. The zero-order valence-electron chi connectivity index (χ0n) is 8.59. The fourth-order valence-corrected chi connectivity index (χ4v) is 4.92. The van der Waals surface area contributed by atoms with E-state index in [0.29, 0.717) is 0 Å². The van der Waals surface area contributed by atoms with Crippen LogP contribution in [0.3, 0.4) is 0 Å². The molecule has 1 heteroatoms. The van der Waals surface area contributed by atoms with Crippen molar-refractivity contribution < 1.29 is 0 Å². The first-order valence-corrected chi connectivity index (χ1v) is 7.35. The molecule has 72 valence electrons. The Hall–Kier alpha value is -0.610. The lowest BCUT2D eigenvalue weighted by molar-refractivity contribution is 0.885. The lowest BCUT2D eigenvalue weighted by Crippen LogP contribution is -2.00. The second kappa shape index (κ2) is 3.21. The normalized spacial score (nSPS) is 24.8. The van der Waals surface area contributed by atoms with E-state index >= 15 is 0 Å². The minimum atomic E-state index is 0.171. The molecule has 14 heavy (non-hydrogen) atoms. The van der Waals surface area contributed by atoms with Gasteiger partial charge in [0.1, 0.15) is 0 Å². The molecule has 1 aliphatic heterocycles. The van der Waals surface area contributed by atoms with Gasteiger partial charge in [-0.15, -0.1) is 0 Å². The molecule has 0 aromatic heterocycles. The highest BCUT2D eigenvalue weighted by atomic mass is 31.1. The topological polar surface area (TPSA) is 0 Å². The van der Waals surface area contributed by atoms with Crippen LogP contribution < -0.4 is 0 Å². The molecule has 0 saturated carbocycles. The van der Waals surface area contributed by atoms with Gasteiger partial charge in [0.15, 0.2) is 0 Å². The Balaban J connectivity index is 2.18. The van der Waals surface area contributed by atoms with Crippen molar-refractivity contribution in [3.05, 3.63) is 41.0 Å². The van der Waals surface area contributed by atoms with Crippen molar-refractivity contribution in [2.75, 3.05) is 12.8 Å². The number of aryl methyl sites for hydroxylation is 1. The first-order valence-electron chi connectivity index (χ1n) is 5.38. The highest BCUT2D eigenvalue weighted by Gasteiger charge is 2.26. The molecule has 1 aromatic carbocycles. The summed E-state index contributed by atoms with van der Waals surface area (Å²) in [6.45, 7) is 2.44. The first-order chi connectivity index (χ1) is 6.86. The second-order valence-corrected chi connectivity index (χ2v) is 6.57. The summed E-state index contributed by atoms with van der Waals surface area (Å²) in [4.78, 5) is 0. The van der Waals surface area contributed by atoms with Crippen molar-refractivity contribution >= 4 is 13.2 Å². The molecule has 2 aliphatic rings. The van der Waals surface area contributed by atoms with Gasteiger partial charge in [0.2, 0.25) is 0 Å². The first kappa shape index (κ1) is 8.68. The van der Waals surface area contributed by atoms with Gasteiger partial charge in [-0.25, -0.2) is 0 Å². The van der Waals surface area contributed by atoms with Crippen molar-refractivity contribution in [3.8, 4) is 0 Å². The third-order valence-corrected chi connectivity index (χ3v) is 5.65. The molecule has 0 N–H and O–H groups in total. The van der Waals surface area contributed by atoms with E-state index in [-0.39, 0.29) is 7.92 Å². The molecule has 0 amide bonds. The predicted molar refractivity (Wildman–Crippen MR) is 64.0 cm³/mol. The van der Waals surface area contributed by atoms with Crippen LogP contribution in [0.4, 0.5) is 0 Å². The minimum absolute atomic E-state index is 0.171. The SMILES string of the molecule is CP1CCC2=C1c1ccccc1CC2. The molecule has 1 heterocycles. The van der Waals surface area contributed by atoms with E-state index in [1.807, 2.05) is 0 Å². The third-order valence-electron chi connectivity index (χ3n) is 3.43. The van der Waals surface area contributed by atoms with Gasteiger partial charge in [-0.05, 0) is 48.5 Å².